The van der Waals surface area contributed by atoms with Gasteiger partial charge in [-0.1, -0.05) is 33.1 Å². The number of rotatable bonds is 8. The van der Waals surface area contributed by atoms with E-state index < -0.39 is 0 Å². The van der Waals surface area contributed by atoms with Crippen molar-refractivity contribution in [2.24, 2.45) is 5.92 Å². The van der Waals surface area contributed by atoms with Gasteiger partial charge in [-0.05, 0) is 38.3 Å². The van der Waals surface area contributed by atoms with Crippen molar-refractivity contribution in [3.63, 3.8) is 0 Å². The van der Waals surface area contributed by atoms with Crippen LogP contribution in [0.3, 0.4) is 0 Å². The molecule has 4 heteroatoms. The van der Waals surface area contributed by atoms with Gasteiger partial charge in [0.25, 0.3) is 0 Å². The zero-order valence-corrected chi connectivity index (χ0v) is 12.6. The molecule has 1 rings (SSSR count). The maximum Gasteiger partial charge on any atom is 0.407 e. The van der Waals surface area contributed by atoms with Crippen LogP contribution in [0.4, 0.5) is 4.79 Å². The number of hydrogen-bond acceptors (Lipinski definition) is 3. The second kappa shape index (κ2) is 10.1. The third-order valence-corrected chi connectivity index (χ3v) is 3.57. The van der Waals surface area contributed by atoms with Crippen LogP contribution in [0.1, 0.15) is 52.4 Å². The Morgan fingerprint density at radius 3 is 2.63 bits per heavy atom. The number of nitrogens with zero attached hydrogens (tertiary/aromatic N) is 1. The molecule has 1 heterocycles. The fraction of sp³-hybridized carbons (Fsp3) is 0.933. The molecule has 0 unspecified atom stereocenters. The van der Waals surface area contributed by atoms with Gasteiger partial charge in [-0.15, -0.1) is 0 Å². The highest BCUT2D eigenvalue weighted by molar-refractivity contribution is 5.66. The molecule has 112 valence electrons. The van der Waals surface area contributed by atoms with E-state index in [1.165, 1.54) is 32.1 Å². The molecule has 0 aromatic heterocycles. The lowest BCUT2D eigenvalue weighted by Crippen LogP contribution is -2.34. The largest absolute Gasteiger partial charge is 0.448 e. The summed E-state index contributed by atoms with van der Waals surface area (Å²) in [7, 11) is 0. The molecule has 1 aliphatic heterocycles. The van der Waals surface area contributed by atoms with Crippen molar-refractivity contribution in [2.75, 3.05) is 32.8 Å². The maximum absolute atomic E-state index is 11.4. The lowest BCUT2D eigenvalue weighted by molar-refractivity contribution is 0.120. The standard InChI is InChI=1S/C15H30N2O2/c1-14(2)8-4-5-9-16-15(18)19-13-12-17-10-6-3-7-11-17/h14H,3-13H2,1-2H3,(H,16,18). The van der Waals surface area contributed by atoms with E-state index in [4.69, 9.17) is 4.74 Å². The van der Waals surface area contributed by atoms with E-state index in [0.29, 0.717) is 6.61 Å². The summed E-state index contributed by atoms with van der Waals surface area (Å²) in [5.74, 6) is 0.747. The SMILES string of the molecule is CC(C)CCCCNC(=O)OCCN1CCCCC1. The molecule has 0 aromatic rings. The lowest BCUT2D eigenvalue weighted by atomic mass is 10.1. The van der Waals surface area contributed by atoms with Gasteiger partial charge in [0.1, 0.15) is 6.61 Å². The lowest BCUT2D eigenvalue weighted by Gasteiger charge is -2.25. The van der Waals surface area contributed by atoms with Crippen LogP contribution in [-0.2, 0) is 4.74 Å². The van der Waals surface area contributed by atoms with E-state index in [1.54, 1.807) is 0 Å². The Morgan fingerprint density at radius 2 is 1.95 bits per heavy atom. The van der Waals surface area contributed by atoms with Gasteiger partial charge >= 0.3 is 6.09 Å². The van der Waals surface area contributed by atoms with E-state index in [0.717, 1.165) is 38.5 Å². The van der Waals surface area contributed by atoms with Crippen LogP contribution < -0.4 is 5.32 Å². The van der Waals surface area contributed by atoms with Crippen LogP contribution in [0.5, 0.6) is 0 Å². The highest BCUT2D eigenvalue weighted by Crippen LogP contribution is 2.07. The molecule has 1 fully saturated rings. The van der Waals surface area contributed by atoms with E-state index in [9.17, 15) is 4.79 Å². The predicted molar refractivity (Wildman–Crippen MR) is 78.3 cm³/mol. The van der Waals surface area contributed by atoms with Crippen molar-refractivity contribution >= 4 is 6.09 Å². The van der Waals surface area contributed by atoms with Crippen molar-refractivity contribution in [3.05, 3.63) is 0 Å². The summed E-state index contributed by atoms with van der Waals surface area (Å²) in [4.78, 5) is 13.8. The van der Waals surface area contributed by atoms with Gasteiger partial charge in [0.15, 0.2) is 0 Å². The van der Waals surface area contributed by atoms with Gasteiger partial charge in [-0.3, -0.25) is 4.90 Å². The molecule has 1 amide bonds. The minimum Gasteiger partial charge on any atom is -0.448 e. The molecule has 1 saturated heterocycles. The Morgan fingerprint density at radius 1 is 1.21 bits per heavy atom. The van der Waals surface area contributed by atoms with Gasteiger partial charge < -0.3 is 10.1 Å². The first-order chi connectivity index (χ1) is 9.18. The normalized spacial score (nSPS) is 16.6. The number of carbonyl (C=O) groups is 1. The summed E-state index contributed by atoms with van der Waals surface area (Å²) in [5.41, 5.74) is 0. The highest BCUT2D eigenvalue weighted by atomic mass is 16.5. The fourth-order valence-corrected chi connectivity index (χ4v) is 2.37. The van der Waals surface area contributed by atoms with Gasteiger partial charge in [-0.2, -0.15) is 0 Å². The number of hydrogen-bond donors (Lipinski definition) is 1. The molecule has 0 spiro atoms. The molecule has 0 aromatic carbocycles. The predicted octanol–water partition coefficient (Wildman–Crippen LogP) is 3.02. The number of piperidine rings is 1. The number of carbonyl (C=O) groups excluding carboxylic acids is 1. The summed E-state index contributed by atoms with van der Waals surface area (Å²) in [6.45, 7) is 8.87. The first-order valence-corrected chi connectivity index (χ1v) is 7.81. The topological polar surface area (TPSA) is 41.6 Å². The van der Waals surface area contributed by atoms with Crippen LogP contribution >= 0.6 is 0 Å². The second-order valence-electron chi connectivity index (χ2n) is 5.85. The Labute approximate surface area is 117 Å². The number of amides is 1. The Balaban J connectivity index is 1.90. The Kier molecular flexibility index (Phi) is 8.63. The minimum atomic E-state index is -0.262. The van der Waals surface area contributed by atoms with Crippen molar-refractivity contribution in [3.8, 4) is 0 Å². The fourth-order valence-electron chi connectivity index (χ4n) is 2.37. The number of likely N-dealkylation sites (tertiary alicyclic amines) is 1. The summed E-state index contributed by atoms with van der Waals surface area (Å²) < 4.78 is 5.18. The molecular formula is C15H30N2O2. The van der Waals surface area contributed by atoms with Crippen LogP contribution in [0.2, 0.25) is 0 Å². The van der Waals surface area contributed by atoms with Crippen molar-refractivity contribution in [1.29, 1.82) is 0 Å². The second-order valence-corrected chi connectivity index (χ2v) is 5.85. The smallest absolute Gasteiger partial charge is 0.407 e. The molecule has 4 nitrogen and oxygen atoms in total. The molecule has 1 N–H and O–H groups in total. The molecule has 1 aliphatic rings. The van der Waals surface area contributed by atoms with Gasteiger partial charge in [-0.25, -0.2) is 4.79 Å². The van der Waals surface area contributed by atoms with E-state index in [1.807, 2.05) is 0 Å². The van der Waals surface area contributed by atoms with E-state index in [-0.39, 0.29) is 6.09 Å². The summed E-state index contributed by atoms with van der Waals surface area (Å²) in [6.07, 6.45) is 7.08. The maximum atomic E-state index is 11.4. The highest BCUT2D eigenvalue weighted by Gasteiger charge is 2.10. The van der Waals surface area contributed by atoms with Gasteiger partial charge in [0.05, 0.1) is 0 Å². The first-order valence-electron chi connectivity index (χ1n) is 7.81. The quantitative estimate of drug-likeness (QED) is 0.689. The van der Waals surface area contributed by atoms with Crippen molar-refractivity contribution in [1.82, 2.24) is 10.2 Å². The average molecular weight is 270 g/mol. The number of nitrogens with one attached hydrogen (secondary N) is 1. The van der Waals surface area contributed by atoms with Gasteiger partial charge in [0, 0.05) is 13.1 Å². The van der Waals surface area contributed by atoms with E-state index >= 15 is 0 Å². The molecule has 0 atom stereocenters. The molecule has 0 bridgehead atoms. The Bertz CT molecular complexity index is 238. The zero-order valence-electron chi connectivity index (χ0n) is 12.6. The minimum absolute atomic E-state index is 0.262. The van der Waals surface area contributed by atoms with Crippen LogP contribution in [0.25, 0.3) is 0 Å². The summed E-state index contributed by atoms with van der Waals surface area (Å²) >= 11 is 0. The van der Waals surface area contributed by atoms with Crippen LogP contribution in [0, 0.1) is 5.92 Å². The molecule has 0 radical (unpaired) electrons. The third-order valence-electron chi connectivity index (χ3n) is 3.57. The third kappa shape index (κ3) is 8.87. The van der Waals surface area contributed by atoms with Crippen molar-refractivity contribution in [2.45, 2.75) is 52.4 Å². The van der Waals surface area contributed by atoms with E-state index in [2.05, 4.69) is 24.1 Å². The molecule has 0 aliphatic carbocycles. The first kappa shape index (κ1) is 16.3. The monoisotopic (exact) mass is 270 g/mol. The molecule has 19 heavy (non-hydrogen) atoms. The Hall–Kier alpha value is -0.770. The number of alkyl carbamates (subject to hydrolysis) is 1. The molecular weight excluding hydrogens is 240 g/mol. The zero-order chi connectivity index (χ0) is 13.9. The summed E-state index contributed by atoms with van der Waals surface area (Å²) in [5, 5.41) is 2.81. The number of ether oxygens (including phenoxy) is 1. The van der Waals surface area contributed by atoms with Crippen molar-refractivity contribution < 1.29 is 9.53 Å². The summed E-state index contributed by atoms with van der Waals surface area (Å²) in [6, 6.07) is 0. The number of unbranched alkanes of at least 4 members (excludes halogenated alkanes) is 1. The van der Waals surface area contributed by atoms with Crippen LogP contribution in [-0.4, -0.2) is 43.8 Å². The van der Waals surface area contributed by atoms with Crippen LogP contribution in [0.15, 0.2) is 0 Å². The van der Waals surface area contributed by atoms with Gasteiger partial charge in [0.2, 0.25) is 0 Å². The molecule has 0 saturated carbocycles. The average Bonchev–Trinajstić information content (AvgIpc) is 2.39.